The summed E-state index contributed by atoms with van der Waals surface area (Å²) < 4.78 is 54.2. The van der Waals surface area contributed by atoms with E-state index in [9.17, 15) is 22.4 Å². The molecule has 0 aliphatic carbocycles. The van der Waals surface area contributed by atoms with Crippen LogP contribution < -0.4 is 5.56 Å². The van der Waals surface area contributed by atoms with Gasteiger partial charge in [0.1, 0.15) is 22.2 Å². The Morgan fingerprint density at radius 2 is 1.92 bits per heavy atom. The number of hydrogen-bond acceptors (Lipinski definition) is 4. The Morgan fingerprint density at radius 3 is 2.50 bits per heavy atom. The zero-order valence-corrected chi connectivity index (χ0v) is 13.7. The largest absolute Gasteiger partial charge is 0.449 e. The van der Waals surface area contributed by atoms with Crippen LogP contribution in [0.5, 0.6) is 0 Å². The summed E-state index contributed by atoms with van der Waals surface area (Å²) in [6, 6.07) is 6.13. The normalized spacial score (nSPS) is 11.6. The SMILES string of the molecule is Cn1c(C(F)(F)F)nc2c(-c3ccc(C#N)cc3F)nc(Cl)cc2c1=O. The Morgan fingerprint density at radius 1 is 1.23 bits per heavy atom. The zero-order chi connectivity index (χ0) is 19.2. The summed E-state index contributed by atoms with van der Waals surface area (Å²) in [6.07, 6.45) is -4.90. The van der Waals surface area contributed by atoms with Gasteiger partial charge in [-0.3, -0.25) is 9.36 Å². The van der Waals surface area contributed by atoms with Crippen LogP contribution in [-0.4, -0.2) is 14.5 Å². The third-order valence-corrected chi connectivity index (χ3v) is 3.83. The highest BCUT2D eigenvalue weighted by Crippen LogP contribution is 2.32. The summed E-state index contributed by atoms with van der Waals surface area (Å²) in [7, 11) is 0.925. The topological polar surface area (TPSA) is 71.6 Å². The van der Waals surface area contributed by atoms with Crippen molar-refractivity contribution in [1.29, 1.82) is 5.26 Å². The van der Waals surface area contributed by atoms with Gasteiger partial charge < -0.3 is 0 Å². The molecule has 1 aromatic carbocycles. The molecule has 0 saturated heterocycles. The summed E-state index contributed by atoms with van der Waals surface area (Å²) in [4.78, 5) is 19.7. The lowest BCUT2D eigenvalue weighted by molar-refractivity contribution is -0.147. The molecular formula is C16H7ClF4N4O. The van der Waals surface area contributed by atoms with Crippen molar-refractivity contribution in [2.45, 2.75) is 6.18 Å². The number of nitriles is 1. The predicted octanol–water partition coefficient (Wildman–Crippen LogP) is 3.68. The molecule has 0 N–H and O–H groups in total. The monoisotopic (exact) mass is 382 g/mol. The number of aromatic nitrogens is 3. The first-order valence-electron chi connectivity index (χ1n) is 6.98. The average Bonchev–Trinajstić information content (AvgIpc) is 2.56. The minimum absolute atomic E-state index is 0.0115. The van der Waals surface area contributed by atoms with Gasteiger partial charge in [0.25, 0.3) is 5.56 Å². The summed E-state index contributed by atoms with van der Waals surface area (Å²) in [5.41, 5.74) is -1.98. The van der Waals surface area contributed by atoms with Crippen molar-refractivity contribution in [3.8, 4) is 17.3 Å². The van der Waals surface area contributed by atoms with E-state index in [1.165, 1.54) is 12.1 Å². The fourth-order valence-corrected chi connectivity index (χ4v) is 2.65. The van der Waals surface area contributed by atoms with Gasteiger partial charge in [0, 0.05) is 12.6 Å². The van der Waals surface area contributed by atoms with Crippen LogP contribution in [0.25, 0.3) is 22.2 Å². The minimum atomic E-state index is -4.90. The zero-order valence-electron chi connectivity index (χ0n) is 12.9. The molecule has 0 aliphatic rings. The van der Waals surface area contributed by atoms with E-state index in [4.69, 9.17) is 16.9 Å². The Balaban J connectivity index is 2.45. The van der Waals surface area contributed by atoms with Crippen molar-refractivity contribution < 1.29 is 17.6 Å². The molecule has 26 heavy (non-hydrogen) atoms. The lowest BCUT2D eigenvalue weighted by Gasteiger charge is -2.14. The molecule has 0 fully saturated rings. The fourth-order valence-electron chi connectivity index (χ4n) is 2.46. The third kappa shape index (κ3) is 2.88. The Bertz CT molecular complexity index is 1150. The van der Waals surface area contributed by atoms with Crippen LogP contribution in [0.2, 0.25) is 5.15 Å². The molecule has 0 bridgehead atoms. The molecule has 0 spiro atoms. The highest BCUT2D eigenvalue weighted by Gasteiger charge is 2.37. The number of fused-ring (bicyclic) bond motifs is 1. The van der Waals surface area contributed by atoms with Gasteiger partial charge in [0.15, 0.2) is 0 Å². The molecule has 0 aliphatic heterocycles. The van der Waals surface area contributed by atoms with Crippen LogP contribution in [0.15, 0.2) is 29.1 Å². The Kier molecular flexibility index (Phi) is 4.16. The van der Waals surface area contributed by atoms with Gasteiger partial charge in [-0.05, 0) is 24.3 Å². The number of rotatable bonds is 1. The van der Waals surface area contributed by atoms with Gasteiger partial charge in [-0.1, -0.05) is 11.6 Å². The smallest absolute Gasteiger partial charge is 0.292 e. The maximum Gasteiger partial charge on any atom is 0.449 e. The predicted molar refractivity (Wildman–Crippen MR) is 84.9 cm³/mol. The number of hydrogen-bond donors (Lipinski definition) is 0. The number of halogens is 5. The van der Waals surface area contributed by atoms with Crippen molar-refractivity contribution >= 4 is 22.5 Å². The van der Waals surface area contributed by atoms with E-state index >= 15 is 0 Å². The molecule has 0 saturated carbocycles. The second kappa shape index (κ2) is 6.07. The molecule has 2 aromatic heterocycles. The van der Waals surface area contributed by atoms with Crippen molar-refractivity contribution in [3.05, 3.63) is 57.0 Å². The number of nitrogens with zero attached hydrogens (tertiary/aromatic N) is 4. The summed E-state index contributed by atoms with van der Waals surface area (Å²) in [5, 5.41) is 8.35. The van der Waals surface area contributed by atoms with Crippen molar-refractivity contribution in [3.63, 3.8) is 0 Å². The van der Waals surface area contributed by atoms with E-state index in [0.717, 1.165) is 19.2 Å². The first-order chi connectivity index (χ1) is 12.1. The second-order valence-electron chi connectivity index (χ2n) is 5.29. The van der Waals surface area contributed by atoms with Crippen LogP contribution >= 0.6 is 11.6 Å². The van der Waals surface area contributed by atoms with E-state index in [0.29, 0.717) is 4.57 Å². The van der Waals surface area contributed by atoms with Gasteiger partial charge in [-0.15, -0.1) is 0 Å². The molecule has 3 rings (SSSR count). The minimum Gasteiger partial charge on any atom is -0.292 e. The number of benzene rings is 1. The lowest BCUT2D eigenvalue weighted by Crippen LogP contribution is -2.28. The van der Waals surface area contributed by atoms with Crippen molar-refractivity contribution in [1.82, 2.24) is 14.5 Å². The van der Waals surface area contributed by atoms with Crippen LogP contribution in [0.1, 0.15) is 11.4 Å². The van der Waals surface area contributed by atoms with Gasteiger partial charge >= 0.3 is 6.18 Å². The first-order valence-corrected chi connectivity index (χ1v) is 7.35. The molecule has 0 unspecified atom stereocenters. The molecule has 0 amide bonds. The molecule has 0 atom stereocenters. The van der Waals surface area contributed by atoms with Crippen LogP contribution in [0.4, 0.5) is 17.6 Å². The second-order valence-corrected chi connectivity index (χ2v) is 5.68. The van der Waals surface area contributed by atoms with E-state index < -0.39 is 28.9 Å². The Labute approximate surface area is 148 Å². The third-order valence-electron chi connectivity index (χ3n) is 3.64. The van der Waals surface area contributed by atoms with E-state index in [1.54, 1.807) is 6.07 Å². The molecule has 0 radical (unpaired) electrons. The maximum absolute atomic E-state index is 14.3. The summed E-state index contributed by atoms with van der Waals surface area (Å²) >= 11 is 5.85. The van der Waals surface area contributed by atoms with Crippen LogP contribution in [0, 0.1) is 17.1 Å². The number of alkyl halides is 3. The molecule has 10 heteroatoms. The standard InChI is InChI=1S/C16H7ClF4N4O/c1-25-14(26)9-5-11(17)23-12(13(9)24-15(25)16(19,20)21)8-3-2-7(6-22)4-10(8)18/h2-5H,1H3. The van der Waals surface area contributed by atoms with Crippen LogP contribution in [-0.2, 0) is 13.2 Å². The van der Waals surface area contributed by atoms with Gasteiger partial charge in [-0.25, -0.2) is 14.4 Å². The lowest BCUT2D eigenvalue weighted by atomic mass is 10.1. The van der Waals surface area contributed by atoms with E-state index in [2.05, 4.69) is 9.97 Å². The van der Waals surface area contributed by atoms with Crippen molar-refractivity contribution in [2.24, 2.45) is 7.05 Å². The first kappa shape index (κ1) is 17.8. The highest BCUT2D eigenvalue weighted by atomic mass is 35.5. The van der Waals surface area contributed by atoms with E-state index in [1.807, 2.05) is 0 Å². The molecule has 3 aromatic rings. The maximum atomic E-state index is 14.3. The van der Waals surface area contributed by atoms with Gasteiger partial charge in [0.05, 0.1) is 17.0 Å². The van der Waals surface area contributed by atoms with E-state index in [-0.39, 0.29) is 27.4 Å². The van der Waals surface area contributed by atoms with Gasteiger partial charge in [0.2, 0.25) is 5.82 Å². The summed E-state index contributed by atoms with van der Waals surface area (Å²) in [6.45, 7) is 0. The quantitative estimate of drug-likeness (QED) is 0.475. The molecule has 2 heterocycles. The number of pyridine rings is 1. The highest BCUT2D eigenvalue weighted by molar-refractivity contribution is 6.30. The van der Waals surface area contributed by atoms with Crippen LogP contribution in [0.3, 0.4) is 0 Å². The Hall–Kier alpha value is -2.99. The average molecular weight is 383 g/mol. The fraction of sp³-hybridized carbons (Fsp3) is 0.125. The van der Waals surface area contributed by atoms with Gasteiger partial charge in [-0.2, -0.15) is 18.4 Å². The molecule has 5 nitrogen and oxygen atoms in total. The molecule has 132 valence electrons. The van der Waals surface area contributed by atoms with Crippen molar-refractivity contribution in [2.75, 3.05) is 0 Å². The summed E-state index contributed by atoms with van der Waals surface area (Å²) in [5.74, 6) is -2.36. The molecular weight excluding hydrogens is 376 g/mol.